The molecule has 1 fully saturated rings. The summed E-state index contributed by atoms with van der Waals surface area (Å²) in [6.07, 6.45) is 3.51. The molecular weight excluding hydrogens is 414 g/mol. The molecule has 0 radical (unpaired) electrons. The third-order valence-corrected chi connectivity index (χ3v) is 8.80. The average Bonchev–Trinajstić information content (AvgIpc) is 3.35. The highest BCUT2D eigenvalue weighted by atomic mass is 32.2. The zero-order chi connectivity index (χ0) is 20.6. The molecule has 154 valence electrons. The van der Waals surface area contributed by atoms with Gasteiger partial charge >= 0.3 is 0 Å². The molecule has 0 saturated carbocycles. The van der Waals surface area contributed by atoms with Crippen LogP contribution in [-0.4, -0.2) is 43.2 Å². The number of fused-ring (bicyclic) bond motifs is 1. The van der Waals surface area contributed by atoms with Crippen LogP contribution in [0.4, 0.5) is 11.4 Å². The number of benzene rings is 1. The number of thiophene rings is 1. The first-order chi connectivity index (χ1) is 13.9. The van der Waals surface area contributed by atoms with E-state index in [4.69, 9.17) is 0 Å². The van der Waals surface area contributed by atoms with E-state index in [2.05, 4.69) is 0 Å². The molecule has 3 heterocycles. The summed E-state index contributed by atoms with van der Waals surface area (Å²) in [4.78, 5) is 25.6. The lowest BCUT2D eigenvalue weighted by molar-refractivity contribution is -0.384. The minimum Gasteiger partial charge on any atom is -0.311 e. The normalized spacial score (nSPS) is 17.3. The van der Waals surface area contributed by atoms with Gasteiger partial charge in [-0.25, -0.2) is 8.42 Å². The van der Waals surface area contributed by atoms with Crippen LogP contribution >= 0.6 is 11.3 Å². The Morgan fingerprint density at radius 2 is 1.86 bits per heavy atom. The molecule has 2 aliphatic heterocycles. The van der Waals surface area contributed by atoms with E-state index in [1.165, 1.54) is 16.4 Å². The second-order valence-corrected chi connectivity index (χ2v) is 10.6. The number of anilines is 1. The van der Waals surface area contributed by atoms with Gasteiger partial charge in [0.05, 0.1) is 17.0 Å². The number of nitrogens with zero attached hydrogens (tertiary/aromatic N) is 3. The standard InChI is InChI=1S/C19H21N3O5S2/c23-18(21-11-8-14-4-5-15(22(24)25)12-17(14)21)13-16-6-7-19(28-16)29(26,27)20-9-2-1-3-10-20/h4-7,12H,1-3,8-11,13H2. The fourth-order valence-electron chi connectivity index (χ4n) is 3.81. The summed E-state index contributed by atoms with van der Waals surface area (Å²) < 4.78 is 27.4. The summed E-state index contributed by atoms with van der Waals surface area (Å²) in [6.45, 7) is 1.55. The van der Waals surface area contributed by atoms with Crippen molar-refractivity contribution in [3.8, 4) is 0 Å². The molecule has 29 heavy (non-hydrogen) atoms. The third kappa shape index (κ3) is 3.92. The summed E-state index contributed by atoms with van der Waals surface area (Å²) in [7, 11) is -3.51. The molecule has 8 nitrogen and oxygen atoms in total. The second-order valence-electron chi connectivity index (χ2n) is 7.23. The number of hydrogen-bond acceptors (Lipinski definition) is 6. The van der Waals surface area contributed by atoms with Crippen LogP contribution in [0.5, 0.6) is 0 Å². The Labute approximate surface area is 172 Å². The molecule has 0 N–H and O–H groups in total. The van der Waals surface area contributed by atoms with E-state index < -0.39 is 14.9 Å². The molecule has 1 aromatic carbocycles. The summed E-state index contributed by atoms with van der Waals surface area (Å²) >= 11 is 1.12. The Kier molecular flexibility index (Phi) is 5.41. The van der Waals surface area contributed by atoms with E-state index in [-0.39, 0.29) is 22.2 Å². The summed E-state index contributed by atoms with van der Waals surface area (Å²) in [5.74, 6) is -0.187. The first-order valence-corrected chi connectivity index (χ1v) is 11.8. The van der Waals surface area contributed by atoms with Crippen LogP contribution in [0.3, 0.4) is 0 Å². The molecule has 0 spiro atoms. The Bertz CT molecular complexity index is 1060. The van der Waals surface area contributed by atoms with Crippen molar-refractivity contribution >= 4 is 38.6 Å². The van der Waals surface area contributed by atoms with Gasteiger partial charge in [0.25, 0.3) is 15.7 Å². The van der Waals surface area contributed by atoms with E-state index in [0.717, 1.165) is 36.2 Å². The molecule has 2 aromatic rings. The lowest BCUT2D eigenvalue weighted by Gasteiger charge is -2.25. The van der Waals surface area contributed by atoms with Gasteiger partial charge in [-0.1, -0.05) is 12.5 Å². The number of hydrogen-bond donors (Lipinski definition) is 0. The van der Waals surface area contributed by atoms with Crippen LogP contribution in [0.2, 0.25) is 0 Å². The van der Waals surface area contributed by atoms with Crippen molar-refractivity contribution in [2.75, 3.05) is 24.5 Å². The van der Waals surface area contributed by atoms with Crippen LogP contribution in [0.15, 0.2) is 34.5 Å². The molecule has 1 amide bonds. The maximum absolute atomic E-state index is 12.8. The summed E-state index contributed by atoms with van der Waals surface area (Å²) in [5, 5.41) is 11.0. The van der Waals surface area contributed by atoms with E-state index >= 15 is 0 Å². The molecule has 2 aliphatic rings. The zero-order valence-corrected chi connectivity index (χ0v) is 17.4. The monoisotopic (exact) mass is 435 g/mol. The van der Waals surface area contributed by atoms with Gasteiger partial charge in [0.2, 0.25) is 5.91 Å². The van der Waals surface area contributed by atoms with Crippen LogP contribution < -0.4 is 4.90 Å². The van der Waals surface area contributed by atoms with Gasteiger partial charge in [-0.15, -0.1) is 11.3 Å². The molecule has 0 atom stereocenters. The number of piperidine rings is 1. The molecule has 4 rings (SSSR count). The third-order valence-electron chi connectivity index (χ3n) is 5.35. The first-order valence-electron chi connectivity index (χ1n) is 9.53. The highest BCUT2D eigenvalue weighted by Crippen LogP contribution is 2.33. The fourth-order valence-corrected chi connectivity index (χ4v) is 6.83. The Balaban J connectivity index is 1.50. The fraction of sp³-hybridized carbons (Fsp3) is 0.421. The average molecular weight is 436 g/mol. The number of carbonyl (C=O) groups is 1. The van der Waals surface area contributed by atoms with Gasteiger partial charge in [0.15, 0.2) is 0 Å². The molecule has 0 bridgehead atoms. The molecule has 0 aliphatic carbocycles. The van der Waals surface area contributed by atoms with Crippen molar-refractivity contribution < 1.29 is 18.1 Å². The maximum atomic E-state index is 12.8. The molecule has 1 aromatic heterocycles. The number of nitro benzene ring substituents is 1. The number of non-ortho nitro benzene ring substituents is 1. The Morgan fingerprint density at radius 3 is 2.59 bits per heavy atom. The van der Waals surface area contributed by atoms with Crippen molar-refractivity contribution in [2.24, 2.45) is 0 Å². The van der Waals surface area contributed by atoms with E-state index in [9.17, 15) is 23.3 Å². The van der Waals surface area contributed by atoms with Crippen LogP contribution in [-0.2, 0) is 27.7 Å². The predicted octanol–water partition coefficient (Wildman–Crippen LogP) is 2.96. The summed E-state index contributed by atoms with van der Waals surface area (Å²) in [6, 6.07) is 7.82. The van der Waals surface area contributed by atoms with Gasteiger partial charge in [0.1, 0.15) is 4.21 Å². The van der Waals surface area contributed by atoms with Crippen LogP contribution in [0.1, 0.15) is 29.7 Å². The Morgan fingerprint density at radius 1 is 1.10 bits per heavy atom. The number of amides is 1. The first kappa shape index (κ1) is 20.0. The van der Waals surface area contributed by atoms with Crippen molar-refractivity contribution in [3.05, 3.63) is 50.9 Å². The van der Waals surface area contributed by atoms with Crippen LogP contribution in [0.25, 0.3) is 0 Å². The van der Waals surface area contributed by atoms with Crippen molar-refractivity contribution in [3.63, 3.8) is 0 Å². The van der Waals surface area contributed by atoms with E-state index in [1.54, 1.807) is 23.1 Å². The maximum Gasteiger partial charge on any atom is 0.271 e. The predicted molar refractivity (Wildman–Crippen MR) is 110 cm³/mol. The minimum absolute atomic E-state index is 0.0468. The van der Waals surface area contributed by atoms with E-state index in [0.29, 0.717) is 36.6 Å². The van der Waals surface area contributed by atoms with Crippen LogP contribution in [0, 0.1) is 10.1 Å². The number of nitro groups is 1. The topological polar surface area (TPSA) is 101 Å². The largest absolute Gasteiger partial charge is 0.311 e. The number of rotatable bonds is 5. The van der Waals surface area contributed by atoms with Gasteiger partial charge < -0.3 is 4.90 Å². The number of carbonyl (C=O) groups excluding carboxylic acids is 1. The van der Waals surface area contributed by atoms with Crippen molar-refractivity contribution in [2.45, 2.75) is 36.3 Å². The highest BCUT2D eigenvalue weighted by Gasteiger charge is 2.29. The Hall–Kier alpha value is -2.30. The minimum atomic E-state index is -3.51. The molecule has 0 unspecified atom stereocenters. The molecular formula is C19H21N3O5S2. The zero-order valence-electron chi connectivity index (χ0n) is 15.7. The van der Waals surface area contributed by atoms with Gasteiger partial charge in [-0.05, 0) is 37.0 Å². The lowest BCUT2D eigenvalue weighted by atomic mass is 10.1. The summed E-state index contributed by atoms with van der Waals surface area (Å²) in [5.41, 5.74) is 1.43. The van der Waals surface area contributed by atoms with Gasteiger partial charge in [-0.3, -0.25) is 14.9 Å². The quantitative estimate of drug-likeness (QED) is 0.531. The molecule has 10 heteroatoms. The van der Waals surface area contributed by atoms with Crippen molar-refractivity contribution in [1.82, 2.24) is 4.31 Å². The second kappa shape index (κ2) is 7.85. The smallest absolute Gasteiger partial charge is 0.271 e. The SMILES string of the molecule is O=C(Cc1ccc(S(=O)(=O)N2CCCCC2)s1)N1CCc2ccc([N+](=O)[O-])cc21. The van der Waals surface area contributed by atoms with Crippen molar-refractivity contribution in [1.29, 1.82) is 0 Å². The van der Waals surface area contributed by atoms with Gasteiger partial charge in [-0.2, -0.15) is 4.31 Å². The van der Waals surface area contributed by atoms with Gasteiger partial charge in [0, 0.05) is 36.6 Å². The van der Waals surface area contributed by atoms with E-state index in [1.807, 2.05) is 0 Å². The lowest BCUT2D eigenvalue weighted by Crippen LogP contribution is -2.35. The molecule has 1 saturated heterocycles. The number of sulfonamides is 1. The highest BCUT2D eigenvalue weighted by molar-refractivity contribution is 7.91.